The molecular weight excluding hydrogens is 396 g/mol. The summed E-state index contributed by atoms with van der Waals surface area (Å²) in [6, 6.07) is 9.43. The molecule has 7 heteroatoms. The van der Waals surface area contributed by atoms with Crippen molar-refractivity contribution in [1.82, 2.24) is 9.80 Å². The van der Waals surface area contributed by atoms with Gasteiger partial charge in [0.05, 0.1) is 5.57 Å². The Morgan fingerprint density at radius 1 is 1.23 bits per heavy atom. The number of aliphatic hydroxyl groups excluding tert-OH is 1. The van der Waals surface area contributed by atoms with E-state index in [2.05, 4.69) is 6.58 Å². The Labute approximate surface area is 182 Å². The van der Waals surface area contributed by atoms with Crippen molar-refractivity contribution in [2.75, 3.05) is 33.8 Å². The molecular formula is C24H28N2O5. The van der Waals surface area contributed by atoms with Crippen molar-refractivity contribution >= 4 is 17.4 Å². The van der Waals surface area contributed by atoms with Gasteiger partial charge in [-0.05, 0) is 70.4 Å². The quantitative estimate of drug-likeness (QED) is 0.287. The van der Waals surface area contributed by atoms with Crippen molar-refractivity contribution in [3.8, 4) is 5.75 Å². The van der Waals surface area contributed by atoms with E-state index in [4.69, 9.17) is 9.15 Å². The second-order valence-corrected chi connectivity index (χ2v) is 7.72. The Morgan fingerprint density at radius 3 is 2.52 bits per heavy atom. The molecule has 0 bridgehead atoms. The summed E-state index contributed by atoms with van der Waals surface area (Å²) in [5.74, 6) is 0.145. The molecule has 7 nitrogen and oxygen atoms in total. The first-order valence-electron chi connectivity index (χ1n) is 10.2. The van der Waals surface area contributed by atoms with Crippen molar-refractivity contribution in [1.29, 1.82) is 0 Å². The molecule has 0 radical (unpaired) electrons. The number of carbonyl (C=O) groups excluding carboxylic acids is 2. The third kappa shape index (κ3) is 4.88. The number of benzene rings is 1. The molecule has 1 aromatic carbocycles. The second kappa shape index (κ2) is 9.66. The number of nitrogens with zero attached hydrogens (tertiary/aromatic N) is 2. The number of furan rings is 1. The molecule has 31 heavy (non-hydrogen) atoms. The number of rotatable bonds is 9. The molecule has 1 aromatic heterocycles. The Balaban J connectivity index is 1.99. The number of aliphatic hydroxyl groups is 1. The van der Waals surface area contributed by atoms with Gasteiger partial charge in [0.25, 0.3) is 11.7 Å². The summed E-state index contributed by atoms with van der Waals surface area (Å²) in [6.45, 7) is 6.90. The van der Waals surface area contributed by atoms with Crippen LogP contribution in [0.1, 0.15) is 29.5 Å². The SMILES string of the molecule is C=CCOc1ccc(C(O)=C2C(=O)C(=O)N(CCCN(C)C)[C@@H]2c2ccc(C)o2)cc1. The highest BCUT2D eigenvalue weighted by atomic mass is 16.5. The van der Waals surface area contributed by atoms with Crippen LogP contribution in [-0.2, 0) is 9.59 Å². The van der Waals surface area contributed by atoms with E-state index in [1.54, 1.807) is 49.4 Å². The van der Waals surface area contributed by atoms with Gasteiger partial charge in [-0.3, -0.25) is 9.59 Å². The summed E-state index contributed by atoms with van der Waals surface area (Å²) in [7, 11) is 3.90. The van der Waals surface area contributed by atoms with Gasteiger partial charge in [0.2, 0.25) is 0 Å². The van der Waals surface area contributed by atoms with E-state index in [0.29, 0.717) is 42.4 Å². The molecule has 0 aliphatic carbocycles. The average Bonchev–Trinajstić information content (AvgIpc) is 3.28. The highest BCUT2D eigenvalue weighted by Crippen LogP contribution is 2.40. The van der Waals surface area contributed by atoms with Crippen LogP contribution in [-0.4, -0.2) is 60.4 Å². The lowest BCUT2D eigenvalue weighted by atomic mass is 9.99. The van der Waals surface area contributed by atoms with Crippen LogP contribution in [0.25, 0.3) is 5.76 Å². The predicted molar refractivity (Wildman–Crippen MR) is 118 cm³/mol. The lowest BCUT2D eigenvalue weighted by Gasteiger charge is -2.24. The van der Waals surface area contributed by atoms with Gasteiger partial charge in [0, 0.05) is 12.1 Å². The van der Waals surface area contributed by atoms with Crippen LogP contribution >= 0.6 is 0 Å². The summed E-state index contributed by atoms with van der Waals surface area (Å²) >= 11 is 0. The average molecular weight is 424 g/mol. The van der Waals surface area contributed by atoms with Crippen LogP contribution in [0.5, 0.6) is 5.75 Å². The number of aryl methyl sites for hydroxylation is 1. The van der Waals surface area contributed by atoms with Crippen molar-refractivity contribution in [3.63, 3.8) is 0 Å². The molecule has 1 aliphatic heterocycles. The first kappa shape index (κ1) is 22.4. The fourth-order valence-electron chi connectivity index (χ4n) is 3.58. The lowest BCUT2D eigenvalue weighted by Crippen LogP contribution is -2.32. The number of hydrogen-bond acceptors (Lipinski definition) is 6. The Bertz CT molecular complexity index is 988. The van der Waals surface area contributed by atoms with Gasteiger partial charge >= 0.3 is 0 Å². The third-order valence-electron chi connectivity index (χ3n) is 5.07. The largest absolute Gasteiger partial charge is 0.507 e. The smallest absolute Gasteiger partial charge is 0.295 e. The van der Waals surface area contributed by atoms with Crippen molar-refractivity contribution in [3.05, 3.63) is 71.7 Å². The standard InChI is InChI=1S/C24H28N2O5/c1-5-15-30-18-10-8-17(9-11-18)22(27)20-21(19-12-7-16(2)31-19)26(24(29)23(20)28)14-6-13-25(3)4/h5,7-12,21,27H,1,6,13-15H2,2-4H3/t21-/m1/s1. The normalized spacial score (nSPS) is 18.1. The van der Waals surface area contributed by atoms with Crippen LogP contribution in [0.3, 0.4) is 0 Å². The van der Waals surface area contributed by atoms with Crippen molar-refractivity contribution in [2.24, 2.45) is 0 Å². The first-order valence-corrected chi connectivity index (χ1v) is 10.2. The number of hydrogen-bond donors (Lipinski definition) is 1. The minimum atomic E-state index is -0.771. The Morgan fingerprint density at radius 2 is 1.94 bits per heavy atom. The molecule has 1 saturated heterocycles. The topological polar surface area (TPSA) is 83.2 Å². The maximum atomic E-state index is 12.9. The van der Waals surface area contributed by atoms with Crippen LogP contribution in [0, 0.1) is 6.92 Å². The molecule has 3 rings (SSSR count). The van der Waals surface area contributed by atoms with Gasteiger partial charge in [-0.2, -0.15) is 0 Å². The number of amides is 1. The summed E-state index contributed by atoms with van der Waals surface area (Å²) < 4.78 is 11.2. The van der Waals surface area contributed by atoms with Crippen LogP contribution in [0.2, 0.25) is 0 Å². The highest BCUT2D eigenvalue weighted by molar-refractivity contribution is 6.46. The lowest BCUT2D eigenvalue weighted by molar-refractivity contribution is -0.140. The Kier molecular flexibility index (Phi) is 6.97. The number of likely N-dealkylation sites (tertiary alicyclic amines) is 1. The summed E-state index contributed by atoms with van der Waals surface area (Å²) in [4.78, 5) is 29.3. The highest BCUT2D eigenvalue weighted by Gasteiger charge is 2.47. The second-order valence-electron chi connectivity index (χ2n) is 7.72. The fourth-order valence-corrected chi connectivity index (χ4v) is 3.58. The molecule has 1 aliphatic rings. The minimum Gasteiger partial charge on any atom is -0.507 e. The van der Waals surface area contributed by atoms with E-state index in [9.17, 15) is 14.7 Å². The molecule has 164 valence electrons. The van der Waals surface area contributed by atoms with Crippen LogP contribution < -0.4 is 4.74 Å². The van der Waals surface area contributed by atoms with E-state index in [0.717, 1.165) is 6.54 Å². The third-order valence-corrected chi connectivity index (χ3v) is 5.07. The zero-order valence-electron chi connectivity index (χ0n) is 18.1. The number of Topliss-reactive ketones (excluding diaryl/α,β-unsaturated/α-hetero) is 1. The van der Waals surface area contributed by atoms with Gasteiger partial charge in [-0.15, -0.1) is 0 Å². The van der Waals surface area contributed by atoms with Crippen molar-refractivity contribution < 1.29 is 23.8 Å². The monoisotopic (exact) mass is 424 g/mol. The van der Waals surface area contributed by atoms with E-state index in [1.807, 2.05) is 19.0 Å². The fraction of sp³-hybridized carbons (Fsp3) is 0.333. The molecule has 1 fully saturated rings. The molecule has 1 atom stereocenters. The molecule has 0 spiro atoms. The van der Waals surface area contributed by atoms with Crippen LogP contribution in [0.15, 0.2) is 59.0 Å². The molecule has 0 saturated carbocycles. The summed E-state index contributed by atoms with van der Waals surface area (Å²) in [6.07, 6.45) is 2.32. The van der Waals surface area contributed by atoms with Gasteiger partial charge in [-0.25, -0.2) is 0 Å². The van der Waals surface area contributed by atoms with Crippen molar-refractivity contribution in [2.45, 2.75) is 19.4 Å². The maximum absolute atomic E-state index is 12.9. The molecule has 1 N–H and O–H groups in total. The van der Waals surface area contributed by atoms with Crippen LogP contribution in [0.4, 0.5) is 0 Å². The number of ketones is 1. The molecule has 0 unspecified atom stereocenters. The zero-order valence-corrected chi connectivity index (χ0v) is 18.1. The van der Waals surface area contributed by atoms with Gasteiger partial charge < -0.3 is 24.1 Å². The summed E-state index contributed by atoms with van der Waals surface area (Å²) in [5, 5.41) is 11.0. The predicted octanol–water partition coefficient (Wildman–Crippen LogP) is 3.53. The van der Waals surface area contributed by atoms with E-state index >= 15 is 0 Å². The number of carbonyl (C=O) groups is 2. The van der Waals surface area contributed by atoms with E-state index in [1.165, 1.54) is 4.90 Å². The summed E-state index contributed by atoms with van der Waals surface area (Å²) in [5.41, 5.74) is 0.453. The van der Waals surface area contributed by atoms with Gasteiger partial charge in [0.1, 0.15) is 35.7 Å². The first-order chi connectivity index (χ1) is 14.8. The Hall–Kier alpha value is -3.32. The molecule has 2 aromatic rings. The van der Waals surface area contributed by atoms with E-state index < -0.39 is 17.7 Å². The number of ether oxygens (including phenoxy) is 1. The zero-order chi connectivity index (χ0) is 22.5. The molecule has 1 amide bonds. The maximum Gasteiger partial charge on any atom is 0.295 e. The van der Waals surface area contributed by atoms with E-state index in [-0.39, 0.29) is 11.3 Å². The molecule has 2 heterocycles. The van der Waals surface area contributed by atoms with Gasteiger partial charge in [0.15, 0.2) is 0 Å². The van der Waals surface area contributed by atoms with Gasteiger partial charge in [-0.1, -0.05) is 12.7 Å². The minimum absolute atomic E-state index is 0.0314.